The molecule has 1 aromatic heterocycles. The van der Waals surface area contributed by atoms with Crippen molar-refractivity contribution < 1.29 is 9.53 Å². The summed E-state index contributed by atoms with van der Waals surface area (Å²) in [6.07, 6.45) is 1.66. The third kappa shape index (κ3) is 2.79. The lowest BCUT2D eigenvalue weighted by atomic mass is 10.4. The molecule has 1 rings (SSSR count). The maximum atomic E-state index is 10.9. The Kier molecular flexibility index (Phi) is 3.40. The molecular weight excluding hydrogens is 176 g/mol. The maximum absolute atomic E-state index is 10.9. The van der Waals surface area contributed by atoms with Gasteiger partial charge in [-0.1, -0.05) is 12.7 Å². The summed E-state index contributed by atoms with van der Waals surface area (Å²) >= 11 is 1.22. The van der Waals surface area contributed by atoms with Crippen LogP contribution in [0.1, 0.15) is 5.82 Å². The van der Waals surface area contributed by atoms with Crippen LogP contribution in [0.4, 0.5) is 0 Å². The van der Waals surface area contributed by atoms with Crippen LogP contribution in [-0.2, 0) is 16.0 Å². The van der Waals surface area contributed by atoms with Crippen molar-refractivity contribution in [1.29, 1.82) is 0 Å². The summed E-state index contributed by atoms with van der Waals surface area (Å²) in [5.74, 6) is 0.183. The SMILES string of the molecule is C=CCOC(=O)Cc1ncsn1. The fourth-order valence-electron chi connectivity index (χ4n) is 0.602. The van der Waals surface area contributed by atoms with Gasteiger partial charge in [-0.05, 0) is 11.5 Å². The summed E-state index contributed by atoms with van der Waals surface area (Å²) in [5.41, 5.74) is 1.58. The quantitative estimate of drug-likeness (QED) is 0.513. The van der Waals surface area contributed by atoms with Crippen molar-refractivity contribution in [2.24, 2.45) is 0 Å². The van der Waals surface area contributed by atoms with Crippen LogP contribution in [-0.4, -0.2) is 21.9 Å². The highest BCUT2D eigenvalue weighted by atomic mass is 32.1. The van der Waals surface area contributed by atoms with Gasteiger partial charge in [-0.15, -0.1) is 0 Å². The van der Waals surface area contributed by atoms with Crippen LogP contribution in [0.2, 0.25) is 0 Å². The van der Waals surface area contributed by atoms with Crippen LogP contribution in [0.5, 0.6) is 0 Å². The van der Waals surface area contributed by atoms with Crippen molar-refractivity contribution in [2.45, 2.75) is 6.42 Å². The van der Waals surface area contributed by atoms with E-state index in [1.807, 2.05) is 0 Å². The van der Waals surface area contributed by atoms with Crippen molar-refractivity contribution in [2.75, 3.05) is 6.61 Å². The van der Waals surface area contributed by atoms with Gasteiger partial charge in [0.05, 0.1) is 0 Å². The van der Waals surface area contributed by atoms with Crippen molar-refractivity contribution in [3.63, 3.8) is 0 Å². The first-order chi connectivity index (χ1) is 5.83. The van der Waals surface area contributed by atoms with Crippen molar-refractivity contribution in [1.82, 2.24) is 9.36 Å². The monoisotopic (exact) mass is 184 g/mol. The van der Waals surface area contributed by atoms with Gasteiger partial charge in [0, 0.05) is 0 Å². The summed E-state index contributed by atoms with van der Waals surface area (Å²) in [5, 5.41) is 0. The number of carbonyl (C=O) groups excluding carboxylic acids is 1. The van der Waals surface area contributed by atoms with E-state index in [2.05, 4.69) is 15.9 Å². The summed E-state index contributed by atoms with van der Waals surface area (Å²) in [4.78, 5) is 14.8. The molecule has 64 valence electrons. The Balaban J connectivity index is 2.32. The van der Waals surface area contributed by atoms with E-state index in [0.717, 1.165) is 0 Å². The molecule has 0 atom stereocenters. The maximum Gasteiger partial charge on any atom is 0.313 e. The van der Waals surface area contributed by atoms with Crippen LogP contribution in [0.25, 0.3) is 0 Å². The molecule has 0 fully saturated rings. The number of aromatic nitrogens is 2. The average molecular weight is 184 g/mol. The van der Waals surface area contributed by atoms with E-state index in [-0.39, 0.29) is 19.0 Å². The van der Waals surface area contributed by atoms with Crippen LogP contribution in [0, 0.1) is 0 Å². The second kappa shape index (κ2) is 4.61. The Bertz CT molecular complexity index is 258. The first-order valence-electron chi connectivity index (χ1n) is 3.34. The number of nitrogens with zero attached hydrogens (tertiary/aromatic N) is 2. The Morgan fingerprint density at radius 2 is 2.67 bits per heavy atom. The van der Waals surface area contributed by atoms with Crippen LogP contribution >= 0.6 is 11.5 Å². The van der Waals surface area contributed by atoms with E-state index in [0.29, 0.717) is 5.82 Å². The van der Waals surface area contributed by atoms with Crippen molar-refractivity contribution >= 4 is 17.5 Å². The Labute approximate surface area is 74.1 Å². The van der Waals surface area contributed by atoms with Gasteiger partial charge < -0.3 is 4.74 Å². The Morgan fingerprint density at radius 3 is 3.25 bits per heavy atom. The van der Waals surface area contributed by atoms with E-state index >= 15 is 0 Å². The topological polar surface area (TPSA) is 52.1 Å². The molecule has 4 nitrogen and oxygen atoms in total. The zero-order valence-electron chi connectivity index (χ0n) is 6.40. The standard InChI is InChI=1S/C7H8N2O2S/c1-2-3-11-7(10)4-6-8-5-12-9-6/h2,5H,1,3-4H2. The molecule has 0 aromatic carbocycles. The molecule has 0 unspecified atom stereocenters. The first-order valence-corrected chi connectivity index (χ1v) is 4.18. The third-order valence-electron chi connectivity index (χ3n) is 1.07. The van der Waals surface area contributed by atoms with E-state index in [4.69, 9.17) is 4.74 Å². The molecule has 12 heavy (non-hydrogen) atoms. The fourth-order valence-corrected chi connectivity index (χ4v) is 1.05. The lowest BCUT2D eigenvalue weighted by Crippen LogP contribution is -2.08. The van der Waals surface area contributed by atoms with Gasteiger partial charge in [0.15, 0.2) is 5.82 Å². The molecule has 0 N–H and O–H groups in total. The highest BCUT2D eigenvalue weighted by Crippen LogP contribution is 1.96. The molecule has 0 amide bonds. The number of carbonyl (C=O) groups is 1. The largest absolute Gasteiger partial charge is 0.461 e. The molecule has 0 saturated heterocycles. The van der Waals surface area contributed by atoms with E-state index in [1.165, 1.54) is 17.6 Å². The second-order valence-corrected chi connectivity index (χ2v) is 2.60. The fraction of sp³-hybridized carbons (Fsp3) is 0.286. The number of rotatable bonds is 4. The van der Waals surface area contributed by atoms with Gasteiger partial charge in [0.1, 0.15) is 18.5 Å². The highest BCUT2D eigenvalue weighted by molar-refractivity contribution is 7.03. The number of esters is 1. The van der Waals surface area contributed by atoms with Crippen molar-refractivity contribution in [3.8, 4) is 0 Å². The summed E-state index contributed by atoms with van der Waals surface area (Å²) in [6.45, 7) is 3.66. The number of ether oxygens (including phenoxy) is 1. The van der Waals surface area contributed by atoms with Gasteiger partial charge in [-0.25, -0.2) is 4.98 Å². The molecule has 5 heteroatoms. The second-order valence-electron chi connectivity index (χ2n) is 2.00. The minimum atomic E-state index is -0.326. The normalized spacial score (nSPS) is 9.33. The minimum Gasteiger partial charge on any atom is -0.461 e. The predicted octanol–water partition coefficient (Wildman–Crippen LogP) is 0.810. The molecule has 0 aliphatic heterocycles. The van der Waals surface area contributed by atoms with Crippen LogP contribution < -0.4 is 0 Å². The van der Waals surface area contributed by atoms with E-state index < -0.39 is 0 Å². The lowest BCUT2D eigenvalue weighted by molar-refractivity contribution is -0.141. The average Bonchev–Trinajstić information content (AvgIpc) is 2.53. The molecule has 0 radical (unpaired) electrons. The summed E-state index contributed by atoms with van der Waals surface area (Å²) < 4.78 is 8.60. The Hall–Kier alpha value is -1.23. The Morgan fingerprint density at radius 1 is 1.83 bits per heavy atom. The van der Waals surface area contributed by atoms with Crippen LogP contribution in [0.3, 0.4) is 0 Å². The molecule has 0 saturated carbocycles. The zero-order chi connectivity index (χ0) is 8.81. The lowest BCUT2D eigenvalue weighted by Gasteiger charge is -1.97. The van der Waals surface area contributed by atoms with Crippen LogP contribution in [0.15, 0.2) is 18.2 Å². The number of hydrogen-bond acceptors (Lipinski definition) is 5. The van der Waals surface area contributed by atoms with Gasteiger partial charge in [-0.2, -0.15) is 4.37 Å². The molecule has 1 heterocycles. The van der Waals surface area contributed by atoms with Gasteiger partial charge >= 0.3 is 5.97 Å². The summed E-state index contributed by atoms with van der Waals surface area (Å²) in [6, 6.07) is 0. The molecule has 0 aliphatic carbocycles. The number of hydrogen-bond donors (Lipinski definition) is 0. The van der Waals surface area contributed by atoms with Gasteiger partial charge in [-0.3, -0.25) is 4.79 Å². The van der Waals surface area contributed by atoms with Gasteiger partial charge in [0.25, 0.3) is 0 Å². The molecule has 0 spiro atoms. The molecule has 1 aromatic rings. The molecule has 0 bridgehead atoms. The first kappa shape index (κ1) is 8.86. The van der Waals surface area contributed by atoms with Crippen molar-refractivity contribution in [3.05, 3.63) is 24.0 Å². The van der Waals surface area contributed by atoms with E-state index in [1.54, 1.807) is 5.51 Å². The predicted molar refractivity (Wildman–Crippen MR) is 44.8 cm³/mol. The summed E-state index contributed by atoms with van der Waals surface area (Å²) in [7, 11) is 0. The third-order valence-corrected chi connectivity index (χ3v) is 1.59. The zero-order valence-corrected chi connectivity index (χ0v) is 7.21. The molecular formula is C7H8N2O2S. The smallest absolute Gasteiger partial charge is 0.313 e. The minimum absolute atomic E-state index is 0.136. The molecule has 0 aliphatic rings. The van der Waals surface area contributed by atoms with Gasteiger partial charge in [0.2, 0.25) is 0 Å². The highest BCUT2D eigenvalue weighted by Gasteiger charge is 2.05. The van der Waals surface area contributed by atoms with E-state index in [9.17, 15) is 4.79 Å².